The van der Waals surface area contributed by atoms with E-state index in [0.29, 0.717) is 18.0 Å². The number of aryl methyl sites for hydroxylation is 1. The highest BCUT2D eigenvalue weighted by atomic mass is 28.4. The van der Waals surface area contributed by atoms with E-state index in [-0.39, 0.29) is 0 Å². The molecule has 0 unspecified atom stereocenters. The summed E-state index contributed by atoms with van der Waals surface area (Å²) < 4.78 is 36.1. The van der Waals surface area contributed by atoms with Crippen LogP contribution in [0.25, 0.3) is 0 Å². The van der Waals surface area contributed by atoms with Crippen LogP contribution in [-0.4, -0.2) is 27.8 Å². The first-order valence-corrected chi connectivity index (χ1v) is 8.74. The highest BCUT2D eigenvalue weighted by Crippen LogP contribution is 2.16. The smallest absolute Gasteiger partial charge is 0.390 e. The van der Waals surface area contributed by atoms with Crippen LogP contribution >= 0.6 is 0 Å². The highest BCUT2D eigenvalue weighted by Gasteiger charge is 2.33. The predicted octanol–water partition coefficient (Wildman–Crippen LogP) is 3.29. The summed E-state index contributed by atoms with van der Waals surface area (Å²) in [7, 11) is -0.0355. The van der Waals surface area contributed by atoms with Gasteiger partial charge in [0.15, 0.2) is 0 Å². The molecule has 0 saturated carbocycles. The summed E-state index contributed by atoms with van der Waals surface area (Å²) in [4.78, 5) is 9.84. The van der Waals surface area contributed by atoms with Gasteiger partial charge in [0.25, 0.3) is 0 Å². The molecule has 0 atom stereocenters. The van der Waals surface area contributed by atoms with Gasteiger partial charge in [0.2, 0.25) is 0 Å². The van der Waals surface area contributed by atoms with E-state index >= 15 is 0 Å². The van der Waals surface area contributed by atoms with Crippen LogP contribution in [0.5, 0.6) is 0 Å². The summed E-state index contributed by atoms with van der Waals surface area (Å²) in [6.45, 7) is 0. The first kappa shape index (κ1) is 17.2. The Kier molecular flexibility index (Phi) is 7.29. The lowest BCUT2D eigenvalue weighted by Gasteiger charge is -2.19. The molecule has 0 amide bonds. The van der Waals surface area contributed by atoms with Crippen LogP contribution in [0.15, 0.2) is 18.2 Å². The third kappa shape index (κ3) is 5.66. The number of benzene rings is 1. The normalized spacial score (nSPS) is 11.8. The van der Waals surface area contributed by atoms with Crippen molar-refractivity contribution in [1.82, 2.24) is 0 Å². The second-order valence-corrected chi connectivity index (χ2v) is 7.51. The van der Waals surface area contributed by atoms with E-state index in [0.717, 1.165) is 31.7 Å². The van der Waals surface area contributed by atoms with Gasteiger partial charge in [-0.15, -0.1) is 0 Å². The molecule has 0 aliphatic rings. The first-order chi connectivity index (χ1) is 9.50. The van der Waals surface area contributed by atoms with Gasteiger partial charge in [-0.25, -0.2) is 8.78 Å². The van der Waals surface area contributed by atoms with Crippen LogP contribution in [0, 0.1) is 11.6 Å². The SMILES string of the molecule is CO[Si](O)(CCCCCCc1ccc(F)cc1F)OC. The largest absolute Gasteiger partial charge is 0.497 e. The molecule has 20 heavy (non-hydrogen) atoms. The minimum Gasteiger partial charge on any atom is -0.390 e. The fourth-order valence-corrected chi connectivity index (χ4v) is 3.30. The van der Waals surface area contributed by atoms with Gasteiger partial charge in [0.05, 0.1) is 0 Å². The molecule has 1 rings (SSSR count). The van der Waals surface area contributed by atoms with Gasteiger partial charge in [0.1, 0.15) is 11.6 Å². The van der Waals surface area contributed by atoms with Crippen molar-refractivity contribution in [3.63, 3.8) is 0 Å². The molecular formula is C14H22F2O3Si. The topological polar surface area (TPSA) is 38.7 Å². The van der Waals surface area contributed by atoms with E-state index < -0.39 is 20.4 Å². The predicted molar refractivity (Wildman–Crippen MR) is 75.3 cm³/mol. The maximum atomic E-state index is 13.4. The monoisotopic (exact) mass is 304 g/mol. The van der Waals surface area contributed by atoms with Gasteiger partial charge in [0, 0.05) is 26.3 Å². The number of hydrogen-bond donors (Lipinski definition) is 1. The molecule has 0 fully saturated rings. The minimum absolute atomic E-state index is 0.481. The van der Waals surface area contributed by atoms with Crippen molar-refractivity contribution in [1.29, 1.82) is 0 Å². The third-order valence-electron chi connectivity index (χ3n) is 3.34. The minimum atomic E-state index is -2.94. The average molecular weight is 304 g/mol. The Bertz CT molecular complexity index is 411. The van der Waals surface area contributed by atoms with E-state index in [1.54, 1.807) is 0 Å². The maximum Gasteiger partial charge on any atom is 0.497 e. The molecule has 0 spiro atoms. The number of halogens is 2. The second-order valence-electron chi connectivity index (χ2n) is 4.77. The van der Waals surface area contributed by atoms with Crippen molar-refractivity contribution in [3.8, 4) is 0 Å². The Hall–Kier alpha value is -0.823. The molecule has 0 radical (unpaired) electrons. The zero-order valence-electron chi connectivity index (χ0n) is 12.0. The zero-order valence-corrected chi connectivity index (χ0v) is 13.0. The average Bonchev–Trinajstić information content (AvgIpc) is 2.44. The fraction of sp³-hybridized carbons (Fsp3) is 0.571. The summed E-state index contributed by atoms with van der Waals surface area (Å²) in [5.74, 6) is -1.03. The number of hydrogen-bond acceptors (Lipinski definition) is 3. The van der Waals surface area contributed by atoms with Crippen LogP contribution in [-0.2, 0) is 15.3 Å². The highest BCUT2D eigenvalue weighted by molar-refractivity contribution is 6.59. The van der Waals surface area contributed by atoms with Crippen molar-refractivity contribution >= 4 is 8.80 Å². The van der Waals surface area contributed by atoms with Crippen molar-refractivity contribution in [2.24, 2.45) is 0 Å². The van der Waals surface area contributed by atoms with E-state index in [1.165, 1.54) is 26.4 Å². The molecule has 3 nitrogen and oxygen atoms in total. The summed E-state index contributed by atoms with van der Waals surface area (Å²) in [6.07, 6.45) is 4.10. The zero-order chi connectivity index (χ0) is 15.0. The summed E-state index contributed by atoms with van der Waals surface area (Å²) in [5.41, 5.74) is 0.547. The molecule has 114 valence electrons. The molecular weight excluding hydrogens is 282 g/mol. The third-order valence-corrected chi connectivity index (χ3v) is 5.60. The van der Waals surface area contributed by atoms with Crippen LogP contribution in [0.2, 0.25) is 6.04 Å². The van der Waals surface area contributed by atoms with Crippen LogP contribution in [0.1, 0.15) is 31.2 Å². The molecule has 0 bridgehead atoms. The molecule has 0 aliphatic heterocycles. The maximum absolute atomic E-state index is 13.4. The van der Waals surface area contributed by atoms with Gasteiger partial charge in [-0.05, 0) is 30.9 Å². The van der Waals surface area contributed by atoms with Crippen molar-refractivity contribution in [3.05, 3.63) is 35.4 Å². The van der Waals surface area contributed by atoms with Gasteiger partial charge in [-0.1, -0.05) is 18.9 Å². The van der Waals surface area contributed by atoms with Crippen molar-refractivity contribution < 1.29 is 22.4 Å². The van der Waals surface area contributed by atoms with Gasteiger partial charge in [-0.2, -0.15) is 0 Å². The van der Waals surface area contributed by atoms with E-state index in [2.05, 4.69) is 0 Å². The number of unbranched alkanes of at least 4 members (excludes halogenated alkanes) is 3. The summed E-state index contributed by atoms with van der Waals surface area (Å²) in [6, 6.07) is 4.22. The van der Waals surface area contributed by atoms with Crippen LogP contribution in [0.4, 0.5) is 8.78 Å². The summed E-state index contributed by atoms with van der Waals surface area (Å²) >= 11 is 0. The van der Waals surface area contributed by atoms with Crippen LogP contribution in [0.3, 0.4) is 0 Å². The van der Waals surface area contributed by atoms with E-state index in [9.17, 15) is 13.6 Å². The Labute approximate surface area is 119 Å². The Morgan fingerprint density at radius 3 is 2.30 bits per heavy atom. The lowest BCUT2D eigenvalue weighted by atomic mass is 10.1. The Balaban J connectivity index is 2.19. The fourth-order valence-electron chi connectivity index (χ4n) is 2.03. The molecule has 1 aromatic carbocycles. The standard InChI is InChI=1S/C14H22F2O3Si/c1-18-20(17,19-2)10-6-4-3-5-7-12-8-9-13(15)11-14(12)16/h8-9,11,17H,3-7,10H2,1-2H3. The van der Waals surface area contributed by atoms with Crippen molar-refractivity contribution in [2.75, 3.05) is 14.2 Å². The lowest BCUT2D eigenvalue weighted by molar-refractivity contribution is 0.150. The summed E-state index contributed by atoms with van der Waals surface area (Å²) in [5, 5.41) is 0. The Morgan fingerprint density at radius 2 is 1.70 bits per heavy atom. The molecule has 6 heteroatoms. The Morgan fingerprint density at radius 1 is 1.05 bits per heavy atom. The molecule has 0 aromatic heterocycles. The van der Waals surface area contributed by atoms with Gasteiger partial charge >= 0.3 is 8.80 Å². The van der Waals surface area contributed by atoms with Gasteiger partial charge in [-0.3, -0.25) is 0 Å². The molecule has 0 saturated heterocycles. The van der Waals surface area contributed by atoms with E-state index in [1.807, 2.05) is 0 Å². The van der Waals surface area contributed by atoms with Gasteiger partial charge < -0.3 is 13.6 Å². The molecule has 0 aliphatic carbocycles. The molecule has 1 aromatic rings. The first-order valence-electron chi connectivity index (χ1n) is 6.77. The quantitative estimate of drug-likeness (QED) is 0.562. The van der Waals surface area contributed by atoms with E-state index in [4.69, 9.17) is 8.85 Å². The molecule has 0 heterocycles. The number of rotatable bonds is 9. The second kappa shape index (κ2) is 8.46. The lowest BCUT2D eigenvalue weighted by Crippen LogP contribution is -2.39. The molecule has 1 N–H and O–H groups in total. The van der Waals surface area contributed by atoms with Crippen LogP contribution < -0.4 is 0 Å². The van der Waals surface area contributed by atoms with Crippen molar-refractivity contribution in [2.45, 2.75) is 38.1 Å².